The summed E-state index contributed by atoms with van der Waals surface area (Å²) in [6, 6.07) is 3.91. The first-order chi connectivity index (χ1) is 9.65. The third kappa shape index (κ3) is 4.55. The predicted octanol–water partition coefficient (Wildman–Crippen LogP) is 5.22. The van der Waals surface area contributed by atoms with Gasteiger partial charge in [0.1, 0.15) is 11.6 Å². The molecular formula is C17H27F2N. The van der Waals surface area contributed by atoms with Crippen LogP contribution in [0.25, 0.3) is 0 Å². The van der Waals surface area contributed by atoms with Crippen molar-refractivity contribution in [2.24, 2.45) is 5.92 Å². The van der Waals surface area contributed by atoms with Gasteiger partial charge in [0.05, 0.1) is 0 Å². The molecule has 1 rings (SSSR count). The number of halogens is 2. The van der Waals surface area contributed by atoms with Crippen LogP contribution >= 0.6 is 0 Å². The summed E-state index contributed by atoms with van der Waals surface area (Å²) < 4.78 is 28.1. The fourth-order valence-corrected chi connectivity index (χ4v) is 2.68. The van der Waals surface area contributed by atoms with Crippen LogP contribution in [0.1, 0.15) is 64.5 Å². The topological polar surface area (TPSA) is 12.0 Å². The molecule has 0 radical (unpaired) electrons. The molecule has 2 atom stereocenters. The monoisotopic (exact) mass is 283 g/mol. The number of unbranched alkanes of at least 4 members (excludes halogenated alkanes) is 1. The second-order valence-electron chi connectivity index (χ2n) is 5.38. The summed E-state index contributed by atoms with van der Waals surface area (Å²) >= 11 is 0. The van der Waals surface area contributed by atoms with Gasteiger partial charge >= 0.3 is 0 Å². The molecule has 0 aromatic heterocycles. The largest absolute Gasteiger partial charge is 0.310 e. The molecule has 1 nitrogen and oxygen atoms in total. The van der Waals surface area contributed by atoms with Crippen molar-refractivity contribution in [2.75, 3.05) is 6.54 Å². The smallest absolute Gasteiger partial charge is 0.130 e. The van der Waals surface area contributed by atoms with Gasteiger partial charge in [-0.25, -0.2) is 8.78 Å². The average molecular weight is 283 g/mol. The van der Waals surface area contributed by atoms with Gasteiger partial charge in [-0.3, -0.25) is 0 Å². The zero-order chi connectivity index (χ0) is 15.0. The second kappa shape index (κ2) is 9.06. The number of hydrogen-bond acceptors (Lipinski definition) is 1. The Morgan fingerprint density at radius 1 is 1.05 bits per heavy atom. The van der Waals surface area contributed by atoms with E-state index in [2.05, 4.69) is 26.1 Å². The molecule has 0 aliphatic carbocycles. The van der Waals surface area contributed by atoms with Crippen LogP contribution < -0.4 is 5.32 Å². The highest BCUT2D eigenvalue weighted by Crippen LogP contribution is 2.32. The van der Waals surface area contributed by atoms with Crippen LogP contribution in [0, 0.1) is 17.6 Å². The van der Waals surface area contributed by atoms with Crippen molar-refractivity contribution in [3.8, 4) is 0 Å². The number of rotatable bonds is 9. The Bertz CT molecular complexity index is 372. The summed E-state index contributed by atoms with van der Waals surface area (Å²) in [5, 5.41) is 3.35. The third-order valence-electron chi connectivity index (χ3n) is 3.85. The summed E-state index contributed by atoms with van der Waals surface area (Å²) in [5.74, 6) is -0.602. The number of benzene rings is 1. The number of hydrogen-bond donors (Lipinski definition) is 1. The van der Waals surface area contributed by atoms with Crippen molar-refractivity contribution in [2.45, 2.75) is 58.9 Å². The van der Waals surface area contributed by atoms with Crippen LogP contribution in [0.3, 0.4) is 0 Å². The van der Waals surface area contributed by atoms with E-state index in [0.717, 1.165) is 38.6 Å². The van der Waals surface area contributed by atoms with E-state index in [1.165, 1.54) is 18.2 Å². The molecule has 1 aromatic carbocycles. The SMILES string of the molecule is CCCCC(CC)C(NCCC)c1c(F)cccc1F. The lowest BCUT2D eigenvalue weighted by Crippen LogP contribution is -2.30. The van der Waals surface area contributed by atoms with Crippen molar-refractivity contribution in [1.29, 1.82) is 0 Å². The lowest BCUT2D eigenvalue weighted by molar-refractivity contribution is 0.307. The van der Waals surface area contributed by atoms with E-state index in [0.29, 0.717) is 0 Å². The maximum atomic E-state index is 14.1. The molecule has 0 aliphatic rings. The van der Waals surface area contributed by atoms with Crippen LogP contribution in [0.15, 0.2) is 18.2 Å². The maximum Gasteiger partial charge on any atom is 0.130 e. The lowest BCUT2D eigenvalue weighted by Gasteiger charge is -2.28. The van der Waals surface area contributed by atoms with Gasteiger partial charge in [-0.05, 0) is 37.4 Å². The summed E-state index contributed by atoms with van der Waals surface area (Å²) in [5.41, 5.74) is 0.212. The minimum Gasteiger partial charge on any atom is -0.310 e. The Labute approximate surface area is 121 Å². The van der Waals surface area contributed by atoms with E-state index in [9.17, 15) is 8.78 Å². The zero-order valence-corrected chi connectivity index (χ0v) is 12.9. The molecule has 20 heavy (non-hydrogen) atoms. The van der Waals surface area contributed by atoms with E-state index in [-0.39, 0.29) is 17.5 Å². The standard InChI is InChI=1S/C17H27F2N/c1-4-7-9-13(6-3)17(20-12-5-2)16-14(18)10-8-11-15(16)19/h8,10-11,13,17,20H,4-7,9,12H2,1-3H3. The Morgan fingerprint density at radius 3 is 2.20 bits per heavy atom. The van der Waals surface area contributed by atoms with Crippen LogP contribution in [-0.4, -0.2) is 6.54 Å². The van der Waals surface area contributed by atoms with E-state index >= 15 is 0 Å². The summed E-state index contributed by atoms with van der Waals surface area (Å²) in [4.78, 5) is 0. The van der Waals surface area contributed by atoms with Crippen molar-refractivity contribution in [3.63, 3.8) is 0 Å². The van der Waals surface area contributed by atoms with E-state index in [1.54, 1.807) is 0 Å². The molecule has 0 spiro atoms. The lowest BCUT2D eigenvalue weighted by atomic mass is 9.86. The molecule has 0 bridgehead atoms. The summed E-state index contributed by atoms with van der Waals surface area (Å²) in [6.07, 6.45) is 5.09. The highest BCUT2D eigenvalue weighted by atomic mass is 19.1. The number of nitrogens with one attached hydrogen (secondary N) is 1. The minimum absolute atomic E-state index is 0.212. The van der Waals surface area contributed by atoms with E-state index < -0.39 is 11.6 Å². The van der Waals surface area contributed by atoms with Crippen molar-refractivity contribution < 1.29 is 8.78 Å². The van der Waals surface area contributed by atoms with E-state index in [1.807, 2.05) is 0 Å². The van der Waals surface area contributed by atoms with Gasteiger partial charge in [0.2, 0.25) is 0 Å². The van der Waals surface area contributed by atoms with Gasteiger partial charge < -0.3 is 5.32 Å². The fourth-order valence-electron chi connectivity index (χ4n) is 2.68. The molecule has 0 heterocycles. The second-order valence-corrected chi connectivity index (χ2v) is 5.38. The Kier molecular flexibility index (Phi) is 7.75. The molecule has 114 valence electrons. The molecule has 0 fully saturated rings. The van der Waals surface area contributed by atoms with Gasteiger partial charge in [0.15, 0.2) is 0 Å². The maximum absolute atomic E-state index is 14.1. The predicted molar refractivity (Wildman–Crippen MR) is 80.7 cm³/mol. The highest BCUT2D eigenvalue weighted by molar-refractivity contribution is 5.24. The van der Waals surface area contributed by atoms with Crippen LogP contribution in [0.4, 0.5) is 8.78 Å². The molecule has 3 heteroatoms. The molecule has 1 aromatic rings. The third-order valence-corrected chi connectivity index (χ3v) is 3.85. The first-order valence-corrected chi connectivity index (χ1v) is 7.82. The first-order valence-electron chi connectivity index (χ1n) is 7.82. The van der Waals surface area contributed by atoms with Gasteiger partial charge in [-0.2, -0.15) is 0 Å². The molecule has 0 amide bonds. The van der Waals surface area contributed by atoms with Crippen LogP contribution in [-0.2, 0) is 0 Å². The zero-order valence-electron chi connectivity index (χ0n) is 12.9. The van der Waals surface area contributed by atoms with Crippen LogP contribution in [0.2, 0.25) is 0 Å². The normalized spacial score (nSPS) is 14.2. The highest BCUT2D eigenvalue weighted by Gasteiger charge is 2.26. The quantitative estimate of drug-likeness (QED) is 0.655. The Morgan fingerprint density at radius 2 is 1.70 bits per heavy atom. The molecule has 2 unspecified atom stereocenters. The Hall–Kier alpha value is -0.960. The minimum atomic E-state index is -0.437. The summed E-state index contributed by atoms with van der Waals surface area (Å²) in [6.45, 7) is 7.08. The van der Waals surface area contributed by atoms with E-state index in [4.69, 9.17) is 0 Å². The molecule has 0 saturated heterocycles. The van der Waals surface area contributed by atoms with Crippen molar-refractivity contribution in [1.82, 2.24) is 5.32 Å². The Balaban J connectivity index is 3.03. The first kappa shape index (κ1) is 17.1. The fraction of sp³-hybridized carbons (Fsp3) is 0.647. The molecule has 1 N–H and O–H groups in total. The molecule has 0 aliphatic heterocycles. The van der Waals surface area contributed by atoms with Gasteiger partial charge in [-0.15, -0.1) is 0 Å². The van der Waals surface area contributed by atoms with Gasteiger partial charge in [0, 0.05) is 11.6 Å². The van der Waals surface area contributed by atoms with Crippen molar-refractivity contribution >= 4 is 0 Å². The summed E-state index contributed by atoms with van der Waals surface area (Å²) in [7, 11) is 0. The van der Waals surface area contributed by atoms with Crippen LogP contribution in [0.5, 0.6) is 0 Å². The average Bonchev–Trinajstić information content (AvgIpc) is 2.44. The molecular weight excluding hydrogens is 256 g/mol. The van der Waals surface area contributed by atoms with Crippen molar-refractivity contribution in [3.05, 3.63) is 35.4 Å². The van der Waals surface area contributed by atoms with Gasteiger partial charge in [0.25, 0.3) is 0 Å². The van der Waals surface area contributed by atoms with Gasteiger partial charge in [-0.1, -0.05) is 46.1 Å². The molecule has 0 saturated carbocycles.